The number of H-pyrrole nitrogens is 1. The molecule has 0 saturated carbocycles. The third-order valence-corrected chi connectivity index (χ3v) is 4.64. The second kappa shape index (κ2) is 4.38. The van der Waals surface area contributed by atoms with Crippen molar-refractivity contribution in [3.63, 3.8) is 0 Å². The Bertz CT molecular complexity index is 596. The summed E-state index contributed by atoms with van der Waals surface area (Å²) in [7, 11) is 1.69. The van der Waals surface area contributed by atoms with Gasteiger partial charge in [-0.2, -0.15) is 11.8 Å². The summed E-state index contributed by atoms with van der Waals surface area (Å²) in [5.41, 5.74) is 2.24. The van der Waals surface area contributed by atoms with Crippen LogP contribution in [0.2, 0.25) is 0 Å². The lowest BCUT2D eigenvalue weighted by Gasteiger charge is -2.12. The summed E-state index contributed by atoms with van der Waals surface area (Å²) < 4.78 is 8.35. The maximum Gasteiger partial charge on any atom is 0.178 e. The molecule has 0 aliphatic carbocycles. The van der Waals surface area contributed by atoms with Gasteiger partial charge in [0.1, 0.15) is 5.75 Å². The van der Waals surface area contributed by atoms with Gasteiger partial charge < -0.3 is 14.3 Å². The van der Waals surface area contributed by atoms with E-state index in [2.05, 4.69) is 15.6 Å². The van der Waals surface area contributed by atoms with E-state index in [9.17, 15) is 0 Å². The highest BCUT2D eigenvalue weighted by molar-refractivity contribution is 7.99. The molecular formula is C12H14N2OS2. The molecule has 1 atom stereocenters. The fraction of sp³-hybridized carbons (Fsp3) is 0.417. The Hall–Kier alpha value is -0.940. The minimum absolute atomic E-state index is 0.522. The van der Waals surface area contributed by atoms with Gasteiger partial charge in [0, 0.05) is 17.9 Å². The number of methoxy groups -OCH3 is 1. The second-order valence-electron chi connectivity index (χ2n) is 4.20. The molecular weight excluding hydrogens is 252 g/mol. The average Bonchev–Trinajstić information content (AvgIpc) is 2.93. The molecule has 5 heteroatoms. The molecule has 0 spiro atoms. The van der Waals surface area contributed by atoms with Crippen molar-refractivity contribution in [2.24, 2.45) is 0 Å². The van der Waals surface area contributed by atoms with Gasteiger partial charge in [0.05, 0.1) is 18.1 Å². The molecule has 1 fully saturated rings. The predicted octanol–water partition coefficient (Wildman–Crippen LogP) is 3.39. The van der Waals surface area contributed by atoms with E-state index >= 15 is 0 Å². The molecule has 90 valence electrons. The molecule has 0 amide bonds. The normalized spacial score (nSPS) is 19.9. The molecule has 3 nitrogen and oxygen atoms in total. The Morgan fingerprint density at radius 1 is 1.53 bits per heavy atom. The SMILES string of the molecule is COc1ccc2[nH]c(=S)n(C3CCSC3)c2c1. The van der Waals surface area contributed by atoms with Gasteiger partial charge in [-0.3, -0.25) is 0 Å². The van der Waals surface area contributed by atoms with E-state index in [-0.39, 0.29) is 0 Å². The van der Waals surface area contributed by atoms with E-state index in [1.54, 1.807) is 7.11 Å². The van der Waals surface area contributed by atoms with Gasteiger partial charge in [-0.05, 0) is 36.5 Å². The quantitative estimate of drug-likeness (QED) is 0.845. The van der Waals surface area contributed by atoms with Crippen LogP contribution in [0.25, 0.3) is 11.0 Å². The Balaban J connectivity index is 2.20. The van der Waals surface area contributed by atoms with Crippen LogP contribution in [0.5, 0.6) is 5.75 Å². The van der Waals surface area contributed by atoms with Gasteiger partial charge in [-0.15, -0.1) is 0 Å². The Morgan fingerprint density at radius 3 is 3.12 bits per heavy atom. The maximum absolute atomic E-state index is 5.43. The van der Waals surface area contributed by atoms with E-state index in [4.69, 9.17) is 17.0 Å². The standard InChI is InChI=1S/C12H14N2OS2/c1-15-9-2-3-10-11(6-9)14(12(16)13-10)8-4-5-17-7-8/h2-3,6,8H,4-5,7H2,1H3,(H,13,16). The van der Waals surface area contributed by atoms with Gasteiger partial charge in [0.15, 0.2) is 4.77 Å². The molecule has 17 heavy (non-hydrogen) atoms. The van der Waals surface area contributed by atoms with Gasteiger partial charge in [0.2, 0.25) is 0 Å². The largest absolute Gasteiger partial charge is 0.497 e. The molecule has 2 heterocycles. The first-order valence-electron chi connectivity index (χ1n) is 5.65. The number of ether oxygens (including phenoxy) is 1. The van der Waals surface area contributed by atoms with Gasteiger partial charge in [-0.25, -0.2) is 0 Å². The van der Waals surface area contributed by atoms with Gasteiger partial charge >= 0.3 is 0 Å². The highest BCUT2D eigenvalue weighted by atomic mass is 32.2. The van der Waals surface area contributed by atoms with Crippen LogP contribution in [0.1, 0.15) is 12.5 Å². The number of aromatic amines is 1. The van der Waals surface area contributed by atoms with Crippen molar-refractivity contribution in [2.45, 2.75) is 12.5 Å². The summed E-state index contributed by atoms with van der Waals surface area (Å²) in [4.78, 5) is 3.27. The first-order valence-corrected chi connectivity index (χ1v) is 7.22. The number of aromatic nitrogens is 2. The van der Waals surface area contributed by atoms with Crippen LogP contribution in [0.15, 0.2) is 18.2 Å². The van der Waals surface area contributed by atoms with Crippen molar-refractivity contribution in [1.29, 1.82) is 0 Å². The molecule has 2 aromatic rings. The fourth-order valence-electron chi connectivity index (χ4n) is 2.32. The van der Waals surface area contributed by atoms with E-state index in [0.29, 0.717) is 6.04 Å². The molecule has 1 saturated heterocycles. The summed E-state index contributed by atoms with van der Waals surface area (Å²) in [6, 6.07) is 6.57. The lowest BCUT2D eigenvalue weighted by atomic mass is 10.2. The molecule has 1 N–H and O–H groups in total. The van der Waals surface area contributed by atoms with E-state index in [1.165, 1.54) is 12.2 Å². The van der Waals surface area contributed by atoms with E-state index in [0.717, 1.165) is 27.3 Å². The summed E-state index contributed by atoms with van der Waals surface area (Å²) in [5.74, 6) is 3.26. The van der Waals surface area contributed by atoms with Crippen LogP contribution in [0.4, 0.5) is 0 Å². The molecule has 1 aromatic heterocycles. The second-order valence-corrected chi connectivity index (χ2v) is 5.74. The number of hydrogen-bond acceptors (Lipinski definition) is 3. The highest BCUT2D eigenvalue weighted by Gasteiger charge is 2.20. The Labute approximate surface area is 109 Å². The smallest absolute Gasteiger partial charge is 0.178 e. The number of imidazole rings is 1. The van der Waals surface area contributed by atoms with Crippen molar-refractivity contribution in [3.8, 4) is 5.75 Å². The first kappa shape index (κ1) is 11.2. The van der Waals surface area contributed by atoms with Gasteiger partial charge in [-0.1, -0.05) is 0 Å². The summed E-state index contributed by atoms with van der Waals surface area (Å²) in [6.45, 7) is 0. The number of hydrogen-bond donors (Lipinski definition) is 1. The van der Waals surface area contributed by atoms with Crippen LogP contribution < -0.4 is 4.74 Å². The monoisotopic (exact) mass is 266 g/mol. The summed E-state index contributed by atoms with van der Waals surface area (Å²) >= 11 is 7.42. The van der Waals surface area contributed by atoms with Crippen LogP contribution >= 0.6 is 24.0 Å². The number of thioether (sulfide) groups is 1. The van der Waals surface area contributed by atoms with Crippen molar-refractivity contribution in [3.05, 3.63) is 23.0 Å². The fourth-order valence-corrected chi connectivity index (χ4v) is 3.87. The molecule has 3 rings (SSSR count). The summed E-state index contributed by atoms with van der Waals surface area (Å²) in [5, 5.41) is 0. The van der Waals surface area contributed by atoms with E-state index < -0.39 is 0 Å². The number of fused-ring (bicyclic) bond motifs is 1. The molecule has 1 aliphatic rings. The molecule has 1 unspecified atom stereocenters. The third kappa shape index (κ3) is 1.87. The molecule has 1 aromatic carbocycles. The summed E-state index contributed by atoms with van der Waals surface area (Å²) in [6.07, 6.45) is 1.20. The number of benzene rings is 1. The third-order valence-electron chi connectivity index (χ3n) is 3.20. The molecule has 0 bridgehead atoms. The van der Waals surface area contributed by atoms with E-state index in [1.807, 2.05) is 23.9 Å². The van der Waals surface area contributed by atoms with Crippen LogP contribution in [-0.4, -0.2) is 28.2 Å². The average molecular weight is 266 g/mol. The first-order chi connectivity index (χ1) is 8.29. The van der Waals surface area contributed by atoms with Crippen LogP contribution in [-0.2, 0) is 0 Å². The lowest BCUT2D eigenvalue weighted by molar-refractivity contribution is 0.415. The zero-order chi connectivity index (χ0) is 11.8. The molecule has 1 aliphatic heterocycles. The Morgan fingerprint density at radius 2 is 2.41 bits per heavy atom. The minimum atomic E-state index is 0.522. The Kier molecular flexibility index (Phi) is 2.88. The minimum Gasteiger partial charge on any atom is -0.497 e. The zero-order valence-electron chi connectivity index (χ0n) is 9.60. The van der Waals surface area contributed by atoms with Crippen LogP contribution in [0.3, 0.4) is 0 Å². The highest BCUT2D eigenvalue weighted by Crippen LogP contribution is 2.32. The zero-order valence-corrected chi connectivity index (χ0v) is 11.2. The number of nitrogens with one attached hydrogen (secondary N) is 1. The number of rotatable bonds is 2. The van der Waals surface area contributed by atoms with Crippen molar-refractivity contribution in [1.82, 2.24) is 9.55 Å². The van der Waals surface area contributed by atoms with Crippen molar-refractivity contribution in [2.75, 3.05) is 18.6 Å². The van der Waals surface area contributed by atoms with Crippen molar-refractivity contribution < 1.29 is 4.74 Å². The number of nitrogens with zero attached hydrogens (tertiary/aromatic N) is 1. The molecule has 0 radical (unpaired) electrons. The van der Waals surface area contributed by atoms with Crippen LogP contribution in [0, 0.1) is 4.77 Å². The predicted molar refractivity (Wildman–Crippen MR) is 74.7 cm³/mol. The maximum atomic E-state index is 5.43. The topological polar surface area (TPSA) is 29.9 Å². The van der Waals surface area contributed by atoms with Crippen molar-refractivity contribution >= 4 is 35.0 Å². The lowest BCUT2D eigenvalue weighted by Crippen LogP contribution is -2.07. The van der Waals surface area contributed by atoms with Gasteiger partial charge in [0.25, 0.3) is 0 Å².